The fraction of sp³-hybridized carbons (Fsp3) is 0.350. The number of carbonyl (C=O) groups is 2. The molecule has 28 heavy (non-hydrogen) atoms. The van der Waals surface area contributed by atoms with Crippen LogP contribution in [0.5, 0.6) is 0 Å². The van der Waals surface area contributed by atoms with E-state index in [0.29, 0.717) is 11.3 Å². The number of nitrogens with one attached hydrogen (secondary N) is 1. The molecule has 3 rings (SSSR count). The molecule has 0 bridgehead atoms. The Labute approximate surface area is 161 Å². The Morgan fingerprint density at radius 3 is 2.61 bits per heavy atom. The van der Waals surface area contributed by atoms with Gasteiger partial charge in [-0.25, -0.2) is 4.79 Å². The van der Waals surface area contributed by atoms with Crippen molar-refractivity contribution < 1.29 is 9.59 Å². The third-order valence-electron chi connectivity index (χ3n) is 4.62. The number of hydrogen-bond donors (Lipinski definition) is 1. The van der Waals surface area contributed by atoms with E-state index >= 15 is 0 Å². The highest BCUT2D eigenvalue weighted by Gasteiger charge is 2.26. The van der Waals surface area contributed by atoms with Gasteiger partial charge in [0.15, 0.2) is 5.78 Å². The molecule has 0 radical (unpaired) electrons. The number of amides is 1. The summed E-state index contributed by atoms with van der Waals surface area (Å²) < 4.78 is 2.46. The lowest BCUT2D eigenvalue weighted by atomic mass is 10.1. The smallest absolute Gasteiger partial charge is 0.325 e. The van der Waals surface area contributed by atoms with E-state index < -0.39 is 11.2 Å². The van der Waals surface area contributed by atoms with Gasteiger partial charge in [-0.2, -0.15) is 5.26 Å². The lowest BCUT2D eigenvalue weighted by molar-refractivity contribution is -0.116. The maximum absolute atomic E-state index is 12.5. The van der Waals surface area contributed by atoms with Gasteiger partial charge in [-0.05, 0) is 38.3 Å². The number of ketones is 1. The summed E-state index contributed by atoms with van der Waals surface area (Å²) in [4.78, 5) is 48.6. The van der Waals surface area contributed by atoms with Crippen molar-refractivity contribution in [3.63, 3.8) is 0 Å². The molecule has 144 valence electrons. The summed E-state index contributed by atoms with van der Waals surface area (Å²) in [5, 5.41) is 11.8. The van der Waals surface area contributed by atoms with Gasteiger partial charge < -0.3 is 5.32 Å². The van der Waals surface area contributed by atoms with Crippen molar-refractivity contribution in [1.29, 1.82) is 5.26 Å². The van der Waals surface area contributed by atoms with Crippen molar-refractivity contribution in [3.05, 3.63) is 62.4 Å². The van der Waals surface area contributed by atoms with E-state index in [1.165, 1.54) is 17.7 Å². The molecular weight excluding hydrogens is 360 g/mol. The number of Topliss-reactive ketones (excluding diaryl/α,β-unsaturated/α-hetero) is 1. The van der Waals surface area contributed by atoms with Crippen LogP contribution in [0, 0.1) is 11.3 Å². The van der Waals surface area contributed by atoms with Crippen molar-refractivity contribution in [3.8, 4) is 6.07 Å². The Morgan fingerprint density at radius 1 is 1.25 bits per heavy atom. The van der Waals surface area contributed by atoms with Gasteiger partial charge in [0.2, 0.25) is 5.91 Å². The first-order chi connectivity index (χ1) is 13.4. The van der Waals surface area contributed by atoms with E-state index in [1.54, 1.807) is 24.3 Å². The van der Waals surface area contributed by atoms with Crippen LogP contribution in [0.1, 0.15) is 54.6 Å². The summed E-state index contributed by atoms with van der Waals surface area (Å²) in [7, 11) is 0. The van der Waals surface area contributed by atoms with Crippen LogP contribution in [-0.2, 0) is 11.3 Å². The molecule has 1 aromatic carbocycles. The minimum Gasteiger partial charge on any atom is -0.325 e. The molecule has 1 amide bonds. The molecule has 0 unspecified atom stereocenters. The first-order valence-electron chi connectivity index (χ1n) is 9.08. The maximum Gasteiger partial charge on any atom is 0.331 e. The maximum atomic E-state index is 12.5. The number of hydrogen-bond acceptors (Lipinski definition) is 5. The number of anilines is 1. The van der Waals surface area contributed by atoms with Crippen LogP contribution in [-0.4, -0.2) is 20.8 Å². The predicted molar refractivity (Wildman–Crippen MR) is 102 cm³/mol. The molecule has 1 aliphatic carbocycles. The van der Waals surface area contributed by atoms with Crippen LogP contribution >= 0.6 is 0 Å². The molecule has 1 aliphatic rings. The highest BCUT2D eigenvalue weighted by Crippen LogP contribution is 2.33. The number of nitrogens with zero attached hydrogens (tertiary/aromatic N) is 3. The van der Waals surface area contributed by atoms with Crippen molar-refractivity contribution in [2.45, 2.75) is 45.2 Å². The van der Waals surface area contributed by atoms with Crippen molar-refractivity contribution in [1.82, 2.24) is 9.13 Å². The Bertz CT molecular complexity index is 1090. The van der Waals surface area contributed by atoms with Gasteiger partial charge in [0.05, 0.1) is 5.69 Å². The van der Waals surface area contributed by atoms with Crippen molar-refractivity contribution >= 4 is 17.4 Å². The SMILES string of the molecule is CC(=O)c1ccccc1NC(=O)CCCn1c(=O)c(C#N)cn(C2CC2)c1=O. The van der Waals surface area contributed by atoms with Crippen LogP contribution in [0.2, 0.25) is 0 Å². The molecular formula is C20H20N4O4. The van der Waals surface area contributed by atoms with E-state index in [1.807, 2.05) is 6.07 Å². The second kappa shape index (κ2) is 8.05. The number of rotatable bonds is 7. The number of nitriles is 1. The minimum absolute atomic E-state index is 0.0397. The van der Waals surface area contributed by atoms with E-state index in [0.717, 1.165) is 17.4 Å². The summed E-state index contributed by atoms with van der Waals surface area (Å²) in [5.41, 5.74) is -0.312. The van der Waals surface area contributed by atoms with Crippen LogP contribution < -0.4 is 16.6 Å². The zero-order chi connectivity index (χ0) is 20.3. The number of carbonyl (C=O) groups excluding carboxylic acids is 2. The zero-order valence-electron chi connectivity index (χ0n) is 15.5. The lowest BCUT2D eigenvalue weighted by Gasteiger charge is -2.11. The van der Waals surface area contributed by atoms with Gasteiger partial charge in [-0.15, -0.1) is 0 Å². The molecule has 1 aromatic heterocycles. The fourth-order valence-corrected chi connectivity index (χ4v) is 3.02. The van der Waals surface area contributed by atoms with Gasteiger partial charge in [0.25, 0.3) is 5.56 Å². The Hall–Kier alpha value is -3.47. The molecule has 2 aromatic rings. The first-order valence-corrected chi connectivity index (χ1v) is 9.08. The quantitative estimate of drug-likeness (QED) is 0.736. The molecule has 1 saturated carbocycles. The third kappa shape index (κ3) is 4.09. The second-order valence-electron chi connectivity index (χ2n) is 6.79. The summed E-state index contributed by atoms with van der Waals surface area (Å²) in [6, 6.07) is 8.57. The van der Waals surface area contributed by atoms with Crippen molar-refractivity contribution in [2.24, 2.45) is 0 Å². The summed E-state index contributed by atoms with van der Waals surface area (Å²) in [6.45, 7) is 1.46. The molecule has 1 heterocycles. The highest BCUT2D eigenvalue weighted by atomic mass is 16.2. The molecule has 1 fully saturated rings. The molecule has 0 atom stereocenters. The third-order valence-corrected chi connectivity index (χ3v) is 4.62. The molecule has 8 nitrogen and oxygen atoms in total. The molecule has 8 heteroatoms. The van der Waals surface area contributed by atoms with Crippen LogP contribution in [0.3, 0.4) is 0 Å². The van der Waals surface area contributed by atoms with Crippen LogP contribution in [0.4, 0.5) is 5.69 Å². The largest absolute Gasteiger partial charge is 0.331 e. The van der Waals surface area contributed by atoms with Crippen LogP contribution in [0.15, 0.2) is 40.1 Å². The molecule has 0 saturated heterocycles. The lowest BCUT2D eigenvalue weighted by Crippen LogP contribution is -2.40. The predicted octanol–water partition coefficient (Wildman–Crippen LogP) is 1.84. The van der Waals surface area contributed by atoms with Gasteiger partial charge in [-0.1, -0.05) is 12.1 Å². The second-order valence-corrected chi connectivity index (χ2v) is 6.79. The standard InChI is InChI=1S/C20H20N4O4/c1-13(25)16-5-2-3-6-17(16)22-18(26)7-4-10-23-19(27)14(11-21)12-24(20(23)28)15-8-9-15/h2-3,5-6,12,15H,4,7-10H2,1H3,(H,22,26). The first kappa shape index (κ1) is 19.3. The van der Waals surface area contributed by atoms with Gasteiger partial charge in [0.1, 0.15) is 11.6 Å². The minimum atomic E-state index is -0.633. The normalized spacial score (nSPS) is 13.0. The fourth-order valence-electron chi connectivity index (χ4n) is 3.02. The summed E-state index contributed by atoms with van der Waals surface area (Å²) >= 11 is 0. The molecule has 1 N–H and O–H groups in total. The Morgan fingerprint density at radius 2 is 1.96 bits per heavy atom. The number of para-hydroxylation sites is 1. The van der Waals surface area contributed by atoms with Gasteiger partial charge in [0, 0.05) is 30.8 Å². The number of aromatic nitrogens is 2. The molecule has 0 aliphatic heterocycles. The van der Waals surface area contributed by atoms with E-state index in [9.17, 15) is 19.2 Å². The van der Waals surface area contributed by atoms with E-state index in [-0.39, 0.29) is 42.7 Å². The van der Waals surface area contributed by atoms with Crippen molar-refractivity contribution in [2.75, 3.05) is 5.32 Å². The van der Waals surface area contributed by atoms with Crippen LogP contribution in [0.25, 0.3) is 0 Å². The Balaban J connectivity index is 1.69. The average Bonchev–Trinajstić information content (AvgIpc) is 3.50. The topological polar surface area (TPSA) is 114 Å². The monoisotopic (exact) mass is 380 g/mol. The average molecular weight is 380 g/mol. The van der Waals surface area contributed by atoms with Gasteiger partial charge >= 0.3 is 5.69 Å². The summed E-state index contributed by atoms with van der Waals surface area (Å²) in [6.07, 6.45) is 3.34. The highest BCUT2D eigenvalue weighted by molar-refractivity contribution is 6.03. The Kier molecular flexibility index (Phi) is 5.54. The van der Waals surface area contributed by atoms with E-state index in [2.05, 4.69) is 5.32 Å². The summed E-state index contributed by atoms with van der Waals surface area (Å²) in [5.74, 6) is -0.475. The van der Waals surface area contributed by atoms with E-state index in [4.69, 9.17) is 5.26 Å². The number of benzene rings is 1. The zero-order valence-corrected chi connectivity index (χ0v) is 15.5. The van der Waals surface area contributed by atoms with Gasteiger partial charge in [-0.3, -0.25) is 23.5 Å². The molecule has 0 spiro atoms.